The lowest BCUT2D eigenvalue weighted by molar-refractivity contribution is -0.142. The molecule has 7 nitrogen and oxygen atoms in total. The molecule has 2 unspecified atom stereocenters. The van der Waals surface area contributed by atoms with Crippen LogP contribution in [0.4, 0.5) is 0 Å². The summed E-state index contributed by atoms with van der Waals surface area (Å²) < 4.78 is 5.09. The molecule has 34 heavy (non-hydrogen) atoms. The van der Waals surface area contributed by atoms with Crippen LogP contribution in [-0.2, 0) is 21.7 Å². The zero-order chi connectivity index (χ0) is 22.9. The van der Waals surface area contributed by atoms with Crippen LogP contribution in [0.15, 0.2) is 95.3 Å². The van der Waals surface area contributed by atoms with Gasteiger partial charge in [0.25, 0.3) is 0 Å². The highest BCUT2D eigenvalue weighted by Crippen LogP contribution is 2.19. The van der Waals surface area contributed by atoms with Gasteiger partial charge in [0, 0.05) is 29.0 Å². The summed E-state index contributed by atoms with van der Waals surface area (Å²) >= 11 is 1.51. The molecular weight excluding hydrogens is 465 g/mol. The number of pyridine rings is 1. The van der Waals surface area contributed by atoms with Crippen molar-refractivity contribution in [2.24, 2.45) is 4.99 Å². The van der Waals surface area contributed by atoms with Crippen molar-refractivity contribution in [3.05, 3.63) is 108 Å². The lowest BCUT2D eigenvalue weighted by Gasteiger charge is -2.15. The third-order valence-corrected chi connectivity index (χ3v) is 5.78. The number of rotatable bonds is 9. The summed E-state index contributed by atoms with van der Waals surface area (Å²) in [7, 11) is 1.38. The van der Waals surface area contributed by atoms with Crippen LogP contribution in [0.2, 0.25) is 0 Å². The molecule has 2 heterocycles. The Morgan fingerprint density at radius 2 is 1.62 bits per heavy atom. The van der Waals surface area contributed by atoms with Gasteiger partial charge in [0.15, 0.2) is 11.2 Å². The van der Waals surface area contributed by atoms with E-state index in [4.69, 9.17) is 14.7 Å². The lowest BCUT2D eigenvalue weighted by Crippen LogP contribution is -2.25. The number of esters is 1. The Morgan fingerprint density at radius 1 is 0.971 bits per heavy atom. The fraction of sp³-hybridized carbons (Fsp3) is 0.160. The topological polar surface area (TPSA) is 93.1 Å². The van der Waals surface area contributed by atoms with E-state index in [0.29, 0.717) is 12.2 Å². The maximum atomic E-state index is 12.7. The van der Waals surface area contributed by atoms with E-state index < -0.39 is 12.0 Å². The minimum Gasteiger partial charge on any atom is -0.467 e. The van der Waals surface area contributed by atoms with E-state index in [2.05, 4.69) is 15.2 Å². The molecule has 0 amide bonds. The van der Waals surface area contributed by atoms with Crippen LogP contribution in [0, 0.1) is 0 Å². The molecular formula is C25H26N5O2PS. The highest BCUT2D eigenvalue weighted by Gasteiger charge is 2.22. The van der Waals surface area contributed by atoms with Crippen molar-refractivity contribution >= 4 is 33.3 Å². The molecule has 1 N–H and O–H groups in total. The number of carbonyl (C=O) groups excluding carboxylic acids is 1. The van der Waals surface area contributed by atoms with Gasteiger partial charge in [-0.1, -0.05) is 78.5 Å². The average molecular weight is 492 g/mol. The number of nitrogens with zero attached hydrogens (tertiary/aromatic N) is 4. The molecule has 2 aromatic heterocycles. The van der Waals surface area contributed by atoms with Crippen LogP contribution >= 0.6 is 21.7 Å². The van der Waals surface area contributed by atoms with E-state index in [1.807, 2.05) is 78.9 Å². The van der Waals surface area contributed by atoms with Gasteiger partial charge in [0.05, 0.1) is 18.5 Å². The molecule has 2 aromatic carbocycles. The zero-order valence-corrected chi connectivity index (χ0v) is 21.0. The van der Waals surface area contributed by atoms with Gasteiger partial charge >= 0.3 is 5.97 Å². The highest BCUT2D eigenvalue weighted by atomic mass is 32.2. The van der Waals surface area contributed by atoms with Crippen LogP contribution in [0.3, 0.4) is 0 Å². The molecule has 0 aliphatic rings. The normalized spacial score (nSPS) is 11.2. The average Bonchev–Trinajstić information content (AvgIpc) is 3.40. The van der Waals surface area contributed by atoms with Gasteiger partial charge < -0.3 is 4.74 Å². The molecule has 174 valence electrons. The summed E-state index contributed by atoms with van der Waals surface area (Å²) in [5, 5.41) is 7.41. The Morgan fingerprint density at radius 3 is 2.21 bits per heavy atom. The number of methoxy groups -OCH3 is 1. The first kappa shape index (κ1) is 25.3. The molecule has 9 heteroatoms. The molecule has 0 bridgehead atoms. The maximum absolute atomic E-state index is 12.7. The van der Waals surface area contributed by atoms with Crippen LogP contribution in [0.5, 0.6) is 0 Å². The first-order chi connectivity index (χ1) is 16.2. The van der Waals surface area contributed by atoms with Crippen molar-refractivity contribution in [3.8, 4) is 0 Å². The second-order valence-corrected chi connectivity index (χ2v) is 8.12. The highest BCUT2D eigenvalue weighted by molar-refractivity contribution is 7.98. The predicted octanol–water partition coefficient (Wildman–Crippen LogP) is 4.17. The lowest BCUT2D eigenvalue weighted by atomic mass is 10.0. The maximum Gasteiger partial charge on any atom is 0.331 e. The minimum atomic E-state index is -0.727. The molecule has 0 aliphatic carbocycles. The Kier molecular flexibility index (Phi) is 9.50. The minimum absolute atomic E-state index is 0. The Balaban J connectivity index is 0.00000324. The van der Waals surface area contributed by atoms with Crippen molar-refractivity contribution in [1.29, 1.82) is 0 Å². The largest absolute Gasteiger partial charge is 0.467 e. The molecule has 0 radical (unpaired) electrons. The van der Waals surface area contributed by atoms with Gasteiger partial charge in [-0.05, 0) is 12.1 Å². The molecule has 4 aromatic rings. The molecule has 0 spiro atoms. The summed E-state index contributed by atoms with van der Waals surface area (Å²) in [5.74, 6) is 0.233. The fourth-order valence-corrected chi connectivity index (χ4v) is 3.99. The number of carbonyl (C=O) groups is 1. The number of ether oxygens (including phenoxy) is 1. The fourth-order valence-electron chi connectivity index (χ4n) is 3.31. The van der Waals surface area contributed by atoms with Crippen LogP contribution in [0.25, 0.3) is 0 Å². The summed E-state index contributed by atoms with van der Waals surface area (Å²) in [6, 6.07) is 24.7. The van der Waals surface area contributed by atoms with E-state index in [9.17, 15) is 4.79 Å². The smallest absolute Gasteiger partial charge is 0.331 e. The molecule has 0 aliphatic heterocycles. The van der Waals surface area contributed by atoms with E-state index in [1.165, 1.54) is 25.2 Å². The Hall–Kier alpha value is -3.35. The van der Waals surface area contributed by atoms with Gasteiger partial charge in [-0.2, -0.15) is 15.0 Å². The zero-order valence-electron chi connectivity index (χ0n) is 18.8. The van der Waals surface area contributed by atoms with Crippen molar-refractivity contribution in [3.63, 3.8) is 0 Å². The number of hydrogen-bond donors (Lipinski definition) is 1. The molecule has 0 fully saturated rings. The van der Waals surface area contributed by atoms with Gasteiger partial charge in [-0.25, -0.2) is 9.78 Å². The number of aromatic nitrogens is 4. The summed E-state index contributed by atoms with van der Waals surface area (Å²) in [6.45, 7) is 0. The molecule has 2 atom stereocenters. The standard InChI is InChI=1S/C25H23N5O2S.H3P/c1-32-24(31)22(15-20-13-8-14-21(28-20)16-33-25-26-17-27-30-25)29-23(18-9-4-2-5-10-18)19-11-6-3-7-12-19;/h2-14,17,22H,15-16H2,1H3,(H,26,27,30);1H3. The van der Waals surface area contributed by atoms with Crippen molar-refractivity contribution in [2.75, 3.05) is 7.11 Å². The van der Waals surface area contributed by atoms with Gasteiger partial charge in [-0.15, -0.1) is 0 Å². The first-order valence-electron chi connectivity index (χ1n) is 10.4. The van der Waals surface area contributed by atoms with Crippen LogP contribution in [0.1, 0.15) is 22.5 Å². The van der Waals surface area contributed by atoms with Gasteiger partial charge in [-0.3, -0.25) is 15.1 Å². The quantitative estimate of drug-likeness (QED) is 0.164. The summed E-state index contributed by atoms with van der Waals surface area (Å²) in [6.07, 6.45) is 1.80. The second kappa shape index (κ2) is 12.8. The van der Waals surface area contributed by atoms with Gasteiger partial charge in [0.1, 0.15) is 6.33 Å². The SMILES string of the molecule is COC(=O)C(Cc1cccc(CSc2ncn[nH]2)n1)N=C(c1ccccc1)c1ccccc1.P. The third kappa shape index (κ3) is 6.83. The number of H-pyrrole nitrogens is 1. The van der Waals surface area contributed by atoms with Crippen LogP contribution in [-0.4, -0.2) is 45.0 Å². The first-order valence-corrected chi connectivity index (χ1v) is 11.4. The van der Waals surface area contributed by atoms with E-state index in [0.717, 1.165) is 33.4 Å². The van der Waals surface area contributed by atoms with Gasteiger partial charge in [0.2, 0.25) is 0 Å². The summed E-state index contributed by atoms with van der Waals surface area (Å²) in [4.78, 5) is 26.4. The number of hydrogen-bond acceptors (Lipinski definition) is 7. The second-order valence-electron chi connectivity index (χ2n) is 7.15. The Labute approximate surface area is 206 Å². The van der Waals surface area contributed by atoms with E-state index in [-0.39, 0.29) is 9.90 Å². The predicted molar refractivity (Wildman–Crippen MR) is 139 cm³/mol. The van der Waals surface area contributed by atoms with Crippen molar-refractivity contribution < 1.29 is 9.53 Å². The third-order valence-electron chi connectivity index (χ3n) is 4.87. The van der Waals surface area contributed by atoms with E-state index in [1.54, 1.807) is 0 Å². The van der Waals surface area contributed by atoms with Crippen molar-refractivity contribution in [1.82, 2.24) is 20.2 Å². The number of nitrogens with one attached hydrogen (secondary N) is 1. The van der Waals surface area contributed by atoms with Crippen LogP contribution < -0.4 is 0 Å². The van der Waals surface area contributed by atoms with Crippen molar-refractivity contribution in [2.45, 2.75) is 23.4 Å². The molecule has 0 saturated carbocycles. The Bertz CT molecular complexity index is 1160. The number of thioether (sulfide) groups is 1. The summed E-state index contributed by atoms with van der Waals surface area (Å²) in [5.41, 5.74) is 4.26. The number of aromatic amines is 1. The monoisotopic (exact) mass is 491 g/mol. The number of benzene rings is 2. The number of aliphatic imine (C=N–C) groups is 1. The molecule has 4 rings (SSSR count). The molecule has 0 saturated heterocycles. The van der Waals surface area contributed by atoms with E-state index >= 15 is 0 Å².